The second-order valence-electron chi connectivity index (χ2n) is 5.27. The van der Waals surface area contributed by atoms with Crippen LogP contribution in [0.2, 0.25) is 0 Å². The Labute approximate surface area is 124 Å². The number of ketones is 1. The van der Waals surface area contributed by atoms with Crippen molar-refractivity contribution in [3.8, 4) is 0 Å². The number of nitrogens with one attached hydrogen (secondary N) is 1. The van der Waals surface area contributed by atoms with Crippen LogP contribution in [0.3, 0.4) is 0 Å². The summed E-state index contributed by atoms with van der Waals surface area (Å²) >= 11 is 0. The molecule has 0 heterocycles. The number of rotatable bonds is 7. The van der Waals surface area contributed by atoms with Gasteiger partial charge in [-0.3, -0.25) is 14.4 Å². The minimum atomic E-state index is -0.355. The highest BCUT2D eigenvalue weighted by atomic mass is 16.5. The van der Waals surface area contributed by atoms with Crippen molar-refractivity contribution in [2.75, 3.05) is 11.9 Å². The van der Waals surface area contributed by atoms with Gasteiger partial charge in [-0.15, -0.1) is 0 Å². The lowest BCUT2D eigenvalue weighted by Crippen LogP contribution is -2.14. The van der Waals surface area contributed by atoms with Crippen LogP contribution < -0.4 is 5.32 Å². The topological polar surface area (TPSA) is 72.5 Å². The van der Waals surface area contributed by atoms with E-state index in [0.29, 0.717) is 23.6 Å². The van der Waals surface area contributed by atoms with Gasteiger partial charge in [0.1, 0.15) is 0 Å². The highest BCUT2D eigenvalue weighted by molar-refractivity contribution is 5.98. The van der Waals surface area contributed by atoms with Crippen LogP contribution in [0, 0.1) is 5.92 Å². The monoisotopic (exact) mass is 291 g/mol. The van der Waals surface area contributed by atoms with Crippen LogP contribution in [0.15, 0.2) is 24.3 Å². The molecule has 0 saturated heterocycles. The number of Topliss-reactive ketones (excluding diaryl/α,β-unsaturated/α-hetero) is 1. The van der Waals surface area contributed by atoms with Crippen molar-refractivity contribution in [1.82, 2.24) is 0 Å². The van der Waals surface area contributed by atoms with E-state index in [0.717, 1.165) is 6.42 Å². The average molecular weight is 291 g/mol. The molecule has 1 aromatic rings. The minimum absolute atomic E-state index is 0.173. The molecule has 0 radical (unpaired) electrons. The lowest BCUT2D eigenvalue weighted by Gasteiger charge is -2.07. The normalized spacial score (nSPS) is 10.3. The molecule has 1 amide bonds. The molecule has 5 nitrogen and oxygen atoms in total. The Kier molecular flexibility index (Phi) is 6.59. The fourth-order valence-electron chi connectivity index (χ4n) is 1.65. The first-order valence-electron chi connectivity index (χ1n) is 6.95. The number of ether oxygens (including phenoxy) is 1. The highest BCUT2D eigenvalue weighted by Crippen LogP contribution is 2.10. The molecule has 1 aromatic carbocycles. The van der Waals surface area contributed by atoms with Crippen molar-refractivity contribution in [1.29, 1.82) is 0 Å². The molecular formula is C16H21NO4. The van der Waals surface area contributed by atoms with Gasteiger partial charge in [0, 0.05) is 24.6 Å². The summed E-state index contributed by atoms with van der Waals surface area (Å²) in [4.78, 5) is 34.2. The summed E-state index contributed by atoms with van der Waals surface area (Å²) in [5.41, 5.74) is 1.06. The van der Waals surface area contributed by atoms with E-state index in [1.54, 1.807) is 24.3 Å². The number of amides is 1. The number of esters is 1. The minimum Gasteiger partial charge on any atom is -0.457 e. The van der Waals surface area contributed by atoms with E-state index in [2.05, 4.69) is 5.32 Å². The van der Waals surface area contributed by atoms with Gasteiger partial charge >= 0.3 is 5.97 Å². The maximum atomic E-state index is 11.9. The molecule has 0 fully saturated rings. The predicted octanol–water partition coefficient (Wildman–Crippen LogP) is 2.81. The van der Waals surface area contributed by atoms with E-state index in [1.807, 2.05) is 13.8 Å². The fraction of sp³-hybridized carbons (Fsp3) is 0.438. The number of carbonyl (C=O) groups excluding carboxylic acids is 3. The van der Waals surface area contributed by atoms with Crippen molar-refractivity contribution in [2.24, 2.45) is 5.92 Å². The molecule has 0 unspecified atom stereocenters. The first-order chi connectivity index (χ1) is 9.88. The highest BCUT2D eigenvalue weighted by Gasteiger charge is 2.10. The Bertz CT molecular complexity index is 506. The SMILES string of the molecule is CC(=O)Nc1ccc(C(=O)COC(=O)CCC(C)C)cc1. The second-order valence-corrected chi connectivity index (χ2v) is 5.27. The van der Waals surface area contributed by atoms with Gasteiger partial charge in [0.25, 0.3) is 0 Å². The second kappa shape index (κ2) is 8.19. The molecule has 1 rings (SSSR count). The van der Waals surface area contributed by atoms with Gasteiger partial charge in [-0.1, -0.05) is 13.8 Å². The summed E-state index contributed by atoms with van der Waals surface area (Å²) in [6.07, 6.45) is 1.07. The van der Waals surface area contributed by atoms with Crippen molar-refractivity contribution >= 4 is 23.3 Å². The third-order valence-electron chi connectivity index (χ3n) is 2.82. The van der Waals surface area contributed by atoms with Crippen LogP contribution in [0.25, 0.3) is 0 Å². The van der Waals surface area contributed by atoms with Crippen LogP contribution in [0.5, 0.6) is 0 Å². The van der Waals surface area contributed by atoms with E-state index >= 15 is 0 Å². The van der Waals surface area contributed by atoms with Crippen molar-refractivity contribution in [3.63, 3.8) is 0 Å². The van der Waals surface area contributed by atoms with Gasteiger partial charge < -0.3 is 10.1 Å². The Morgan fingerprint density at radius 3 is 2.29 bits per heavy atom. The average Bonchev–Trinajstić information content (AvgIpc) is 2.42. The molecule has 0 saturated carbocycles. The lowest BCUT2D eigenvalue weighted by molar-refractivity contribution is -0.142. The summed E-state index contributed by atoms with van der Waals surface area (Å²) in [5, 5.41) is 2.61. The molecule has 21 heavy (non-hydrogen) atoms. The zero-order valence-corrected chi connectivity index (χ0v) is 12.6. The molecule has 0 aromatic heterocycles. The Morgan fingerprint density at radius 1 is 1.14 bits per heavy atom. The van der Waals surface area contributed by atoms with E-state index in [4.69, 9.17) is 4.74 Å². The van der Waals surface area contributed by atoms with Crippen LogP contribution in [0.1, 0.15) is 44.0 Å². The molecular weight excluding hydrogens is 270 g/mol. The number of carbonyl (C=O) groups is 3. The Morgan fingerprint density at radius 2 is 1.76 bits per heavy atom. The third-order valence-corrected chi connectivity index (χ3v) is 2.82. The van der Waals surface area contributed by atoms with E-state index < -0.39 is 0 Å². The summed E-state index contributed by atoms with van der Waals surface area (Å²) < 4.78 is 4.95. The summed E-state index contributed by atoms with van der Waals surface area (Å²) in [6.45, 7) is 5.20. The molecule has 114 valence electrons. The van der Waals surface area contributed by atoms with Crippen LogP contribution in [-0.2, 0) is 14.3 Å². The summed E-state index contributed by atoms with van der Waals surface area (Å²) in [6, 6.07) is 6.45. The Balaban J connectivity index is 2.45. The molecule has 1 N–H and O–H groups in total. The smallest absolute Gasteiger partial charge is 0.306 e. The van der Waals surface area contributed by atoms with Gasteiger partial charge in [-0.2, -0.15) is 0 Å². The zero-order chi connectivity index (χ0) is 15.8. The molecule has 0 bridgehead atoms. The molecule has 5 heteroatoms. The summed E-state index contributed by atoms with van der Waals surface area (Å²) in [5.74, 6) is -0.364. The molecule has 0 spiro atoms. The fourth-order valence-corrected chi connectivity index (χ4v) is 1.65. The van der Waals surface area contributed by atoms with Crippen LogP contribution >= 0.6 is 0 Å². The van der Waals surface area contributed by atoms with Gasteiger partial charge in [0.2, 0.25) is 5.91 Å². The van der Waals surface area contributed by atoms with Crippen molar-refractivity contribution in [2.45, 2.75) is 33.6 Å². The van der Waals surface area contributed by atoms with Crippen molar-refractivity contribution < 1.29 is 19.1 Å². The molecule has 0 atom stereocenters. The maximum absolute atomic E-state index is 11.9. The number of hydrogen-bond acceptors (Lipinski definition) is 4. The molecule has 0 aliphatic rings. The number of anilines is 1. The summed E-state index contributed by atoms with van der Waals surface area (Å²) in [7, 11) is 0. The van der Waals surface area contributed by atoms with E-state index in [1.165, 1.54) is 6.92 Å². The number of benzene rings is 1. The van der Waals surface area contributed by atoms with E-state index in [9.17, 15) is 14.4 Å². The third kappa shape index (κ3) is 6.70. The first-order valence-corrected chi connectivity index (χ1v) is 6.95. The van der Waals surface area contributed by atoms with E-state index in [-0.39, 0.29) is 24.3 Å². The number of hydrogen-bond donors (Lipinski definition) is 1. The largest absolute Gasteiger partial charge is 0.457 e. The van der Waals surface area contributed by atoms with Gasteiger partial charge in [0.15, 0.2) is 12.4 Å². The lowest BCUT2D eigenvalue weighted by atomic mass is 10.1. The standard InChI is InChI=1S/C16H21NO4/c1-11(2)4-9-16(20)21-10-15(19)13-5-7-14(8-6-13)17-12(3)18/h5-8,11H,4,9-10H2,1-3H3,(H,17,18). The van der Waals surface area contributed by atoms with Gasteiger partial charge in [0.05, 0.1) is 0 Å². The quantitative estimate of drug-likeness (QED) is 0.619. The van der Waals surface area contributed by atoms with Crippen molar-refractivity contribution in [3.05, 3.63) is 29.8 Å². The Hall–Kier alpha value is -2.17. The molecule has 0 aliphatic carbocycles. The van der Waals surface area contributed by atoms with Gasteiger partial charge in [-0.25, -0.2) is 0 Å². The maximum Gasteiger partial charge on any atom is 0.306 e. The zero-order valence-electron chi connectivity index (χ0n) is 12.6. The van der Waals surface area contributed by atoms with Gasteiger partial charge in [-0.05, 0) is 36.6 Å². The molecule has 0 aliphatic heterocycles. The predicted molar refractivity (Wildman–Crippen MR) is 80.1 cm³/mol. The first kappa shape index (κ1) is 16.9. The van der Waals surface area contributed by atoms with Crippen LogP contribution in [0.4, 0.5) is 5.69 Å². The van der Waals surface area contributed by atoms with Crippen LogP contribution in [-0.4, -0.2) is 24.3 Å².